The smallest absolute Gasteiger partial charge is 0.309 e. The predicted octanol–water partition coefficient (Wildman–Crippen LogP) is 3.70. The van der Waals surface area contributed by atoms with Gasteiger partial charge in [-0.05, 0) is 37.3 Å². The first-order valence-corrected chi connectivity index (χ1v) is 7.05. The molecular weight excluding hydrogens is 265 g/mol. The van der Waals surface area contributed by atoms with Gasteiger partial charge in [0.1, 0.15) is 0 Å². The number of rotatable bonds is 7. The second-order valence-corrected chi connectivity index (χ2v) is 4.72. The second kappa shape index (κ2) is 7.64. The van der Waals surface area contributed by atoms with Crippen LogP contribution < -0.4 is 5.32 Å². The second-order valence-electron chi connectivity index (χ2n) is 4.72. The van der Waals surface area contributed by atoms with Crippen LogP contribution in [0.5, 0.6) is 0 Å². The summed E-state index contributed by atoms with van der Waals surface area (Å²) >= 11 is 0. The summed E-state index contributed by atoms with van der Waals surface area (Å²) in [5.74, 6) is 0. The van der Waals surface area contributed by atoms with Gasteiger partial charge in [-0.2, -0.15) is 13.2 Å². The maximum atomic E-state index is 12.8. The van der Waals surface area contributed by atoms with Gasteiger partial charge in [0.15, 0.2) is 0 Å². The first kappa shape index (κ1) is 17.0. The van der Waals surface area contributed by atoms with E-state index in [2.05, 4.69) is 24.1 Å². The highest BCUT2D eigenvalue weighted by molar-refractivity contribution is 5.28. The normalized spacial score (nSPS) is 13.8. The molecule has 0 saturated heterocycles. The largest absolute Gasteiger partial charge is 0.416 e. The number of hydrogen-bond acceptors (Lipinski definition) is 2. The molecule has 5 heteroatoms. The number of hydrogen-bond donors (Lipinski definition) is 1. The van der Waals surface area contributed by atoms with Crippen LogP contribution in [-0.2, 0) is 6.18 Å². The fourth-order valence-corrected chi connectivity index (χ4v) is 2.21. The summed E-state index contributed by atoms with van der Waals surface area (Å²) in [5.41, 5.74) is 0.103. The van der Waals surface area contributed by atoms with Crippen LogP contribution in [0.3, 0.4) is 0 Å². The lowest BCUT2D eigenvalue weighted by Crippen LogP contribution is -2.35. The van der Waals surface area contributed by atoms with Gasteiger partial charge in [0, 0.05) is 12.6 Å². The van der Waals surface area contributed by atoms with E-state index in [1.807, 2.05) is 6.92 Å². The maximum absolute atomic E-state index is 12.8. The van der Waals surface area contributed by atoms with Crippen molar-refractivity contribution in [3.63, 3.8) is 0 Å². The van der Waals surface area contributed by atoms with Crippen molar-refractivity contribution in [2.75, 3.05) is 26.2 Å². The zero-order valence-electron chi connectivity index (χ0n) is 12.3. The van der Waals surface area contributed by atoms with Gasteiger partial charge >= 0.3 is 6.18 Å². The molecule has 1 N–H and O–H groups in total. The lowest BCUT2D eigenvalue weighted by atomic mass is 10.0. The highest BCUT2D eigenvalue weighted by Gasteiger charge is 2.31. The van der Waals surface area contributed by atoms with Crippen molar-refractivity contribution in [1.82, 2.24) is 10.2 Å². The molecule has 20 heavy (non-hydrogen) atoms. The van der Waals surface area contributed by atoms with Gasteiger partial charge in [0.05, 0.1) is 5.56 Å². The molecule has 1 unspecified atom stereocenters. The minimum Gasteiger partial charge on any atom is -0.309 e. The van der Waals surface area contributed by atoms with E-state index in [0.717, 1.165) is 25.7 Å². The summed E-state index contributed by atoms with van der Waals surface area (Å²) in [4.78, 5) is 2.20. The molecule has 0 spiro atoms. The lowest BCUT2D eigenvalue weighted by molar-refractivity contribution is -0.137. The van der Waals surface area contributed by atoms with E-state index in [4.69, 9.17) is 0 Å². The van der Waals surface area contributed by atoms with Crippen molar-refractivity contribution >= 4 is 0 Å². The molecule has 0 heterocycles. The third kappa shape index (κ3) is 4.80. The Morgan fingerprint density at radius 3 is 2.30 bits per heavy atom. The number of alkyl halides is 3. The third-order valence-corrected chi connectivity index (χ3v) is 3.40. The zero-order chi connectivity index (χ0) is 15.2. The highest BCUT2D eigenvalue weighted by Crippen LogP contribution is 2.30. The molecule has 0 aliphatic rings. The first-order valence-electron chi connectivity index (χ1n) is 7.05. The van der Waals surface area contributed by atoms with Crippen LogP contribution in [0.15, 0.2) is 24.3 Å². The fraction of sp³-hybridized carbons (Fsp3) is 0.600. The van der Waals surface area contributed by atoms with Gasteiger partial charge in [-0.15, -0.1) is 0 Å². The first-order chi connectivity index (χ1) is 9.42. The van der Waals surface area contributed by atoms with Crippen molar-refractivity contribution in [2.24, 2.45) is 0 Å². The van der Waals surface area contributed by atoms with E-state index < -0.39 is 11.7 Å². The Bertz CT molecular complexity index is 400. The quantitative estimate of drug-likeness (QED) is 0.823. The number of benzene rings is 1. The summed E-state index contributed by atoms with van der Waals surface area (Å²) in [6.07, 6.45) is -4.29. The summed E-state index contributed by atoms with van der Waals surface area (Å²) in [7, 11) is 0. The number of halogens is 3. The lowest BCUT2D eigenvalue weighted by Gasteiger charge is -2.26. The molecule has 1 aromatic rings. The predicted molar refractivity (Wildman–Crippen MR) is 75.6 cm³/mol. The van der Waals surface area contributed by atoms with E-state index in [1.165, 1.54) is 12.1 Å². The Morgan fingerprint density at radius 2 is 1.80 bits per heavy atom. The Hall–Kier alpha value is -1.07. The molecule has 114 valence electrons. The van der Waals surface area contributed by atoms with Crippen LogP contribution in [0.2, 0.25) is 0 Å². The number of likely N-dealkylation sites (N-methyl/N-ethyl adjacent to an activating group) is 2. The SMILES string of the molecule is CCNC(CN(CC)CC)c1cccc(C(F)(F)F)c1. The summed E-state index contributed by atoms with van der Waals surface area (Å²) < 4.78 is 38.3. The molecule has 1 aromatic carbocycles. The van der Waals surface area contributed by atoms with Crippen LogP contribution in [0.1, 0.15) is 37.9 Å². The Morgan fingerprint density at radius 1 is 1.15 bits per heavy atom. The zero-order valence-corrected chi connectivity index (χ0v) is 12.3. The highest BCUT2D eigenvalue weighted by atomic mass is 19.4. The van der Waals surface area contributed by atoms with E-state index in [9.17, 15) is 13.2 Å². The van der Waals surface area contributed by atoms with Crippen LogP contribution in [0.4, 0.5) is 13.2 Å². The summed E-state index contributed by atoms with van der Waals surface area (Å²) in [6, 6.07) is 5.51. The summed E-state index contributed by atoms with van der Waals surface area (Å²) in [5, 5.41) is 3.27. The van der Waals surface area contributed by atoms with Crippen LogP contribution >= 0.6 is 0 Å². The van der Waals surface area contributed by atoms with E-state index in [1.54, 1.807) is 6.07 Å². The minimum atomic E-state index is -4.29. The standard InChI is InChI=1S/C15H23F3N2/c1-4-19-14(11-20(5-2)6-3)12-8-7-9-13(10-12)15(16,17)18/h7-10,14,19H,4-6,11H2,1-3H3. The van der Waals surface area contributed by atoms with Crippen molar-refractivity contribution in [3.8, 4) is 0 Å². The average molecular weight is 288 g/mol. The molecule has 0 fully saturated rings. The van der Waals surface area contributed by atoms with Gasteiger partial charge in [0.25, 0.3) is 0 Å². The van der Waals surface area contributed by atoms with Gasteiger partial charge in [-0.1, -0.05) is 32.9 Å². The van der Waals surface area contributed by atoms with Crippen LogP contribution in [0.25, 0.3) is 0 Å². The Labute approximate surface area is 119 Å². The maximum Gasteiger partial charge on any atom is 0.416 e. The van der Waals surface area contributed by atoms with Crippen molar-refractivity contribution in [3.05, 3.63) is 35.4 Å². The van der Waals surface area contributed by atoms with Crippen molar-refractivity contribution < 1.29 is 13.2 Å². The minimum absolute atomic E-state index is 0.0813. The van der Waals surface area contributed by atoms with E-state index >= 15 is 0 Å². The molecule has 0 bridgehead atoms. The van der Waals surface area contributed by atoms with Gasteiger partial charge in [0.2, 0.25) is 0 Å². The van der Waals surface area contributed by atoms with Crippen LogP contribution in [-0.4, -0.2) is 31.1 Å². The average Bonchev–Trinajstić information content (AvgIpc) is 2.42. The molecule has 0 saturated carbocycles. The Kier molecular flexibility index (Phi) is 6.49. The van der Waals surface area contributed by atoms with Gasteiger partial charge < -0.3 is 10.2 Å². The van der Waals surface area contributed by atoms with Crippen molar-refractivity contribution in [1.29, 1.82) is 0 Å². The third-order valence-electron chi connectivity index (χ3n) is 3.40. The Balaban J connectivity index is 2.96. The van der Waals surface area contributed by atoms with Gasteiger partial charge in [-0.25, -0.2) is 0 Å². The molecule has 0 amide bonds. The van der Waals surface area contributed by atoms with E-state index in [0.29, 0.717) is 12.1 Å². The molecule has 0 aliphatic heterocycles. The number of nitrogens with one attached hydrogen (secondary N) is 1. The molecule has 0 aliphatic carbocycles. The van der Waals surface area contributed by atoms with Crippen LogP contribution in [0, 0.1) is 0 Å². The molecule has 2 nitrogen and oxygen atoms in total. The molecule has 0 aromatic heterocycles. The monoisotopic (exact) mass is 288 g/mol. The fourth-order valence-electron chi connectivity index (χ4n) is 2.21. The van der Waals surface area contributed by atoms with E-state index in [-0.39, 0.29) is 6.04 Å². The summed E-state index contributed by atoms with van der Waals surface area (Å²) in [6.45, 7) is 9.28. The number of nitrogens with zero attached hydrogens (tertiary/aromatic N) is 1. The topological polar surface area (TPSA) is 15.3 Å². The molecular formula is C15H23F3N2. The molecule has 0 radical (unpaired) electrons. The molecule has 1 rings (SSSR count). The van der Waals surface area contributed by atoms with Crippen molar-refractivity contribution in [2.45, 2.75) is 33.0 Å². The van der Waals surface area contributed by atoms with Gasteiger partial charge in [-0.3, -0.25) is 0 Å². The molecule has 1 atom stereocenters.